The van der Waals surface area contributed by atoms with Gasteiger partial charge in [0.25, 0.3) is 0 Å². The Balaban J connectivity index is 3.97. The lowest BCUT2D eigenvalue weighted by molar-refractivity contribution is 0.0540. The molecule has 1 atom stereocenters. The normalized spacial score (nSPS) is 14.5. The molecule has 0 amide bonds. The third kappa shape index (κ3) is 8.06. The Hall–Kier alpha value is -0.120. The van der Waals surface area contributed by atoms with Crippen molar-refractivity contribution in [3.05, 3.63) is 0 Å². The van der Waals surface area contributed by atoms with Gasteiger partial charge in [0.15, 0.2) is 0 Å². The first kappa shape index (κ1) is 17.9. The topological polar surface area (TPSA) is 24.5 Å². The minimum atomic E-state index is 0.280. The summed E-state index contributed by atoms with van der Waals surface area (Å²) < 4.78 is 5.60. The van der Waals surface area contributed by atoms with E-state index in [2.05, 4.69) is 58.8 Å². The van der Waals surface area contributed by atoms with E-state index in [9.17, 15) is 0 Å². The second kappa shape index (κ2) is 8.89. The van der Waals surface area contributed by atoms with Crippen molar-refractivity contribution in [2.45, 2.75) is 60.1 Å². The van der Waals surface area contributed by atoms with Crippen LogP contribution in [0.3, 0.4) is 0 Å². The van der Waals surface area contributed by atoms with E-state index in [1.54, 1.807) is 0 Å². The number of likely N-dealkylation sites (N-methyl/N-ethyl adjacent to an activating group) is 1. The maximum absolute atomic E-state index is 5.60. The SMILES string of the molecule is CCCNC(C)C(C)(C)CN(C)CCOC(C)C. The van der Waals surface area contributed by atoms with Crippen LogP contribution in [0.5, 0.6) is 0 Å². The van der Waals surface area contributed by atoms with Crippen LogP contribution in [-0.4, -0.2) is 50.3 Å². The van der Waals surface area contributed by atoms with Crippen LogP contribution in [0.25, 0.3) is 0 Å². The Morgan fingerprint density at radius 2 is 1.83 bits per heavy atom. The Bertz CT molecular complexity index is 205. The first-order valence-electron chi connectivity index (χ1n) is 7.33. The average molecular weight is 258 g/mol. The molecule has 0 saturated heterocycles. The van der Waals surface area contributed by atoms with Crippen molar-refractivity contribution in [1.29, 1.82) is 0 Å². The van der Waals surface area contributed by atoms with Crippen molar-refractivity contribution in [2.75, 3.05) is 33.3 Å². The van der Waals surface area contributed by atoms with Crippen LogP contribution >= 0.6 is 0 Å². The summed E-state index contributed by atoms with van der Waals surface area (Å²) in [6.45, 7) is 17.3. The van der Waals surface area contributed by atoms with Gasteiger partial charge < -0.3 is 15.0 Å². The molecule has 0 radical (unpaired) electrons. The zero-order valence-electron chi connectivity index (χ0n) is 13.5. The van der Waals surface area contributed by atoms with Crippen LogP contribution in [-0.2, 0) is 4.74 Å². The zero-order chi connectivity index (χ0) is 14.2. The second-order valence-corrected chi connectivity index (χ2v) is 6.32. The van der Waals surface area contributed by atoms with Gasteiger partial charge >= 0.3 is 0 Å². The lowest BCUT2D eigenvalue weighted by Crippen LogP contribution is -2.46. The molecule has 0 rings (SSSR count). The number of hydrogen-bond acceptors (Lipinski definition) is 3. The molecule has 18 heavy (non-hydrogen) atoms. The highest BCUT2D eigenvalue weighted by molar-refractivity contribution is 4.83. The van der Waals surface area contributed by atoms with Gasteiger partial charge in [0, 0.05) is 19.1 Å². The van der Waals surface area contributed by atoms with E-state index < -0.39 is 0 Å². The summed E-state index contributed by atoms with van der Waals surface area (Å²) in [5, 5.41) is 3.59. The van der Waals surface area contributed by atoms with Crippen LogP contribution in [0, 0.1) is 5.41 Å². The van der Waals surface area contributed by atoms with E-state index >= 15 is 0 Å². The van der Waals surface area contributed by atoms with E-state index in [1.165, 1.54) is 6.42 Å². The van der Waals surface area contributed by atoms with Crippen molar-refractivity contribution in [3.63, 3.8) is 0 Å². The molecule has 0 heterocycles. The predicted octanol–water partition coefficient (Wildman–Crippen LogP) is 2.76. The number of nitrogens with one attached hydrogen (secondary N) is 1. The molecule has 0 spiro atoms. The van der Waals surface area contributed by atoms with Crippen LogP contribution < -0.4 is 5.32 Å². The molecule has 0 fully saturated rings. The van der Waals surface area contributed by atoms with Crippen LogP contribution in [0.4, 0.5) is 0 Å². The van der Waals surface area contributed by atoms with Gasteiger partial charge in [0.1, 0.15) is 0 Å². The van der Waals surface area contributed by atoms with Gasteiger partial charge in [-0.1, -0.05) is 20.8 Å². The van der Waals surface area contributed by atoms with Gasteiger partial charge in [-0.2, -0.15) is 0 Å². The Labute approximate surface area is 114 Å². The number of rotatable bonds is 10. The molecule has 0 aromatic rings. The fraction of sp³-hybridized carbons (Fsp3) is 1.00. The molecule has 0 bridgehead atoms. The van der Waals surface area contributed by atoms with E-state index in [4.69, 9.17) is 4.74 Å². The molecule has 3 nitrogen and oxygen atoms in total. The minimum absolute atomic E-state index is 0.280. The molecule has 0 aliphatic heterocycles. The van der Waals surface area contributed by atoms with Crippen molar-refractivity contribution in [2.24, 2.45) is 5.41 Å². The van der Waals surface area contributed by atoms with Gasteiger partial charge in [-0.25, -0.2) is 0 Å². The van der Waals surface area contributed by atoms with Crippen LogP contribution in [0.1, 0.15) is 48.0 Å². The molecular weight excluding hydrogens is 224 g/mol. The molecule has 3 heteroatoms. The van der Waals surface area contributed by atoms with Crippen LogP contribution in [0.2, 0.25) is 0 Å². The second-order valence-electron chi connectivity index (χ2n) is 6.32. The number of ether oxygens (including phenoxy) is 1. The summed E-state index contributed by atoms with van der Waals surface area (Å²) in [6, 6.07) is 0.533. The smallest absolute Gasteiger partial charge is 0.0596 e. The summed E-state index contributed by atoms with van der Waals surface area (Å²) in [4.78, 5) is 2.37. The summed E-state index contributed by atoms with van der Waals surface area (Å²) in [5.74, 6) is 0. The molecular formula is C15H34N2O. The fourth-order valence-electron chi connectivity index (χ4n) is 1.99. The lowest BCUT2D eigenvalue weighted by atomic mass is 9.84. The Morgan fingerprint density at radius 1 is 1.22 bits per heavy atom. The fourth-order valence-corrected chi connectivity index (χ4v) is 1.99. The quantitative estimate of drug-likeness (QED) is 0.652. The highest BCUT2D eigenvalue weighted by Crippen LogP contribution is 2.21. The molecule has 0 saturated carbocycles. The van der Waals surface area contributed by atoms with Gasteiger partial charge in [-0.05, 0) is 46.2 Å². The monoisotopic (exact) mass is 258 g/mol. The average Bonchev–Trinajstić information content (AvgIpc) is 2.24. The standard InChI is InChI=1S/C15H34N2O/c1-8-9-16-14(4)15(5,6)12-17(7)10-11-18-13(2)3/h13-14,16H,8-12H2,1-7H3. The molecule has 0 aliphatic carbocycles. The molecule has 110 valence electrons. The summed E-state index contributed by atoms with van der Waals surface area (Å²) in [7, 11) is 2.18. The molecule has 1 unspecified atom stereocenters. The van der Waals surface area contributed by atoms with E-state index in [-0.39, 0.29) is 5.41 Å². The van der Waals surface area contributed by atoms with Crippen molar-refractivity contribution in [1.82, 2.24) is 10.2 Å². The summed E-state index contributed by atoms with van der Waals surface area (Å²) in [5.41, 5.74) is 0.280. The van der Waals surface area contributed by atoms with Crippen molar-refractivity contribution < 1.29 is 4.74 Å². The third-order valence-corrected chi connectivity index (χ3v) is 3.47. The molecule has 0 aromatic carbocycles. The predicted molar refractivity (Wildman–Crippen MR) is 80.1 cm³/mol. The maximum Gasteiger partial charge on any atom is 0.0596 e. The van der Waals surface area contributed by atoms with Gasteiger partial charge in [0.2, 0.25) is 0 Å². The lowest BCUT2D eigenvalue weighted by Gasteiger charge is -2.36. The molecule has 0 aliphatic rings. The minimum Gasteiger partial charge on any atom is -0.377 e. The Morgan fingerprint density at radius 3 is 2.33 bits per heavy atom. The van der Waals surface area contributed by atoms with Gasteiger partial charge in [0.05, 0.1) is 12.7 Å². The van der Waals surface area contributed by atoms with Gasteiger partial charge in [-0.3, -0.25) is 0 Å². The highest BCUT2D eigenvalue weighted by Gasteiger charge is 2.26. The van der Waals surface area contributed by atoms with Crippen molar-refractivity contribution >= 4 is 0 Å². The first-order chi connectivity index (χ1) is 8.29. The summed E-state index contributed by atoms with van der Waals surface area (Å²) in [6.07, 6.45) is 1.52. The Kier molecular flexibility index (Phi) is 8.83. The highest BCUT2D eigenvalue weighted by atomic mass is 16.5. The maximum atomic E-state index is 5.60. The summed E-state index contributed by atoms with van der Waals surface area (Å²) >= 11 is 0. The van der Waals surface area contributed by atoms with Crippen LogP contribution in [0.15, 0.2) is 0 Å². The zero-order valence-corrected chi connectivity index (χ0v) is 13.5. The van der Waals surface area contributed by atoms with Gasteiger partial charge in [-0.15, -0.1) is 0 Å². The largest absolute Gasteiger partial charge is 0.377 e. The molecule has 0 aromatic heterocycles. The number of hydrogen-bond donors (Lipinski definition) is 1. The van der Waals surface area contributed by atoms with E-state index in [0.29, 0.717) is 12.1 Å². The van der Waals surface area contributed by atoms with E-state index in [1.807, 2.05) is 0 Å². The number of nitrogens with zero attached hydrogens (tertiary/aromatic N) is 1. The van der Waals surface area contributed by atoms with Crippen molar-refractivity contribution in [3.8, 4) is 0 Å². The molecule has 1 N–H and O–H groups in total. The first-order valence-corrected chi connectivity index (χ1v) is 7.33. The third-order valence-electron chi connectivity index (χ3n) is 3.47. The van der Waals surface area contributed by atoms with E-state index in [0.717, 1.165) is 26.2 Å².